The molecule has 49 heavy (non-hydrogen) atoms. The number of hydrogen-bond donors (Lipinski definition) is 1. The van der Waals surface area contributed by atoms with E-state index >= 15 is 0 Å². The molecule has 6 nitrogen and oxygen atoms in total. The van der Waals surface area contributed by atoms with E-state index in [0.29, 0.717) is 11.9 Å². The molecule has 8 heteroatoms. The Kier molecular flexibility index (Phi) is 9.47. The van der Waals surface area contributed by atoms with Crippen molar-refractivity contribution in [2.75, 3.05) is 11.9 Å². The zero-order valence-electron chi connectivity index (χ0n) is 27.0. The maximum Gasteiger partial charge on any atom is 0.356 e. The smallest absolute Gasteiger partial charge is 0.356 e. The molecule has 0 saturated carbocycles. The van der Waals surface area contributed by atoms with E-state index in [-0.39, 0.29) is 17.5 Å². The van der Waals surface area contributed by atoms with Gasteiger partial charge in [-0.25, -0.2) is 4.79 Å². The Morgan fingerprint density at radius 3 is 1.59 bits per heavy atom. The summed E-state index contributed by atoms with van der Waals surface area (Å²) in [7, 11) is -2.42. The fourth-order valence-corrected chi connectivity index (χ4v) is 12.6. The van der Waals surface area contributed by atoms with E-state index in [9.17, 15) is 14.4 Å². The van der Waals surface area contributed by atoms with Crippen molar-refractivity contribution in [2.45, 2.75) is 24.4 Å². The summed E-state index contributed by atoms with van der Waals surface area (Å²) in [5.41, 5.74) is 2.79. The van der Waals surface area contributed by atoms with Crippen LogP contribution >= 0.6 is 19.0 Å². The molecule has 1 fully saturated rings. The molecule has 2 atom stereocenters. The van der Waals surface area contributed by atoms with Gasteiger partial charge in [0.25, 0.3) is 5.91 Å². The maximum atomic E-state index is 14.8. The molecule has 0 spiro atoms. The molecular weight excluding hydrogens is 648 g/mol. The van der Waals surface area contributed by atoms with Crippen LogP contribution in [0.15, 0.2) is 163 Å². The Morgan fingerprint density at radius 1 is 0.735 bits per heavy atom. The molecule has 1 saturated heterocycles. The monoisotopic (exact) mass is 683 g/mol. The van der Waals surface area contributed by atoms with Gasteiger partial charge < -0.3 is 10.1 Å². The average molecular weight is 684 g/mol. The summed E-state index contributed by atoms with van der Waals surface area (Å²) in [5.74, 6) is -0.645. The van der Waals surface area contributed by atoms with Crippen LogP contribution < -0.4 is 21.2 Å². The number of amides is 2. The minimum Gasteiger partial charge on any atom is -0.448 e. The predicted octanol–water partition coefficient (Wildman–Crippen LogP) is 5.99. The number of thioether (sulfide) groups is 1. The van der Waals surface area contributed by atoms with Crippen LogP contribution in [0.1, 0.15) is 24.2 Å². The van der Waals surface area contributed by atoms with Gasteiger partial charge in [-0.05, 0) is 47.5 Å². The molecule has 0 radical (unpaired) electrons. The van der Waals surface area contributed by atoms with Gasteiger partial charge >= 0.3 is 5.97 Å². The Balaban J connectivity index is 1.40. The van der Waals surface area contributed by atoms with E-state index in [1.54, 1.807) is 16.7 Å². The van der Waals surface area contributed by atoms with Crippen molar-refractivity contribution in [1.82, 2.24) is 10.2 Å². The lowest BCUT2D eigenvalue weighted by Gasteiger charge is -2.50. The number of ether oxygens (including phenoxy) is 1. The zero-order chi connectivity index (χ0) is 33.8. The van der Waals surface area contributed by atoms with Gasteiger partial charge in [0.2, 0.25) is 5.91 Å². The van der Waals surface area contributed by atoms with Crippen molar-refractivity contribution in [3.8, 4) is 0 Å². The first-order valence-corrected chi connectivity index (χ1v) is 19.3. The summed E-state index contributed by atoms with van der Waals surface area (Å²) < 4.78 is 6.47. The van der Waals surface area contributed by atoms with E-state index in [0.717, 1.165) is 16.7 Å². The summed E-state index contributed by atoms with van der Waals surface area (Å²) in [6.07, 6.45) is -0.151. The standard InChI is InChI=1S/C41H35N2O4PS/c1-29(44)42-36-39(45)43-37(41(46)47-38(30-17-7-2-8-18-30)31-19-9-3-10-20-31)32(28-49-40(36)43)27-48(33-21-11-4-12-22-33,34-23-13-5-14-24-34)35-25-15-6-16-26-35/h2-26,36,38,40H,27-28H2,1H3/p+1/t36?,40-/m1/s1. The number of fused-ring (bicyclic) bond motifs is 1. The normalized spacial score (nSPS) is 17.3. The second-order valence-electron chi connectivity index (χ2n) is 12.1. The van der Waals surface area contributed by atoms with Gasteiger partial charge in [-0.15, -0.1) is 11.8 Å². The number of benzene rings is 5. The molecule has 1 N–H and O–H groups in total. The fraction of sp³-hybridized carbons (Fsp3) is 0.146. The Hall–Kier alpha value is -4.97. The molecule has 5 aromatic carbocycles. The van der Waals surface area contributed by atoms with Crippen LogP contribution in [0.2, 0.25) is 0 Å². The van der Waals surface area contributed by atoms with Crippen LogP contribution in [0.3, 0.4) is 0 Å². The van der Waals surface area contributed by atoms with E-state index in [1.807, 2.05) is 78.9 Å². The lowest BCUT2D eigenvalue weighted by molar-refractivity contribution is -0.154. The molecule has 2 aliphatic rings. The third kappa shape index (κ3) is 6.32. The number of β-lactam (4-membered cyclic amide) rings is 1. The predicted molar refractivity (Wildman–Crippen MR) is 199 cm³/mol. The number of hydrogen-bond acceptors (Lipinski definition) is 5. The van der Waals surface area contributed by atoms with Crippen molar-refractivity contribution in [2.24, 2.45) is 0 Å². The molecular formula is C41H36N2O4PS+. The summed E-state index contributed by atoms with van der Waals surface area (Å²) in [6.45, 7) is 1.41. The third-order valence-corrected chi connectivity index (χ3v) is 14.8. The van der Waals surface area contributed by atoms with Gasteiger partial charge in [0.15, 0.2) is 6.10 Å². The van der Waals surface area contributed by atoms with Gasteiger partial charge in [0.05, 0.1) is 6.16 Å². The SMILES string of the molecule is CC(=O)NC1C(=O)N2C(C(=O)OC(c3ccccc3)c3ccccc3)=C(C[P+](c3ccccc3)(c3ccccc3)c3ccccc3)CS[C@H]12. The molecule has 1 unspecified atom stereocenters. The van der Waals surface area contributed by atoms with Gasteiger partial charge in [-0.1, -0.05) is 115 Å². The number of carbonyl (C=O) groups excluding carboxylic acids is 3. The molecule has 5 aromatic rings. The van der Waals surface area contributed by atoms with Crippen molar-refractivity contribution < 1.29 is 19.1 Å². The maximum absolute atomic E-state index is 14.8. The van der Waals surface area contributed by atoms with Gasteiger partial charge in [0.1, 0.15) is 40.3 Å². The third-order valence-electron chi connectivity index (χ3n) is 9.05. The van der Waals surface area contributed by atoms with Crippen LogP contribution in [-0.2, 0) is 19.1 Å². The fourth-order valence-electron chi connectivity index (χ4n) is 6.81. The minimum absolute atomic E-state index is 0.277. The molecule has 0 bridgehead atoms. The van der Waals surface area contributed by atoms with Crippen molar-refractivity contribution in [1.29, 1.82) is 0 Å². The second-order valence-corrected chi connectivity index (χ2v) is 16.7. The summed E-state index contributed by atoms with van der Waals surface area (Å²) in [4.78, 5) is 42.3. The number of esters is 1. The summed E-state index contributed by atoms with van der Waals surface area (Å²) in [6, 6.07) is 50.1. The zero-order valence-corrected chi connectivity index (χ0v) is 28.7. The lowest BCUT2D eigenvalue weighted by atomic mass is 10.0. The van der Waals surface area contributed by atoms with E-state index < -0.39 is 30.8 Å². The van der Waals surface area contributed by atoms with E-state index in [2.05, 4.69) is 78.1 Å². The molecule has 2 amide bonds. The highest BCUT2D eigenvalue weighted by atomic mass is 32.2. The topological polar surface area (TPSA) is 75.7 Å². The van der Waals surface area contributed by atoms with Crippen LogP contribution in [0, 0.1) is 0 Å². The Morgan fingerprint density at radius 2 is 1.16 bits per heavy atom. The van der Waals surface area contributed by atoms with Crippen LogP contribution in [-0.4, -0.2) is 46.0 Å². The lowest BCUT2D eigenvalue weighted by Crippen LogP contribution is -2.70. The highest BCUT2D eigenvalue weighted by Gasteiger charge is 2.56. The van der Waals surface area contributed by atoms with Crippen LogP contribution in [0.25, 0.3) is 0 Å². The average Bonchev–Trinajstić information content (AvgIpc) is 3.16. The molecule has 0 aromatic heterocycles. The molecule has 0 aliphatic carbocycles. The van der Waals surface area contributed by atoms with Gasteiger partial charge in [-0.3, -0.25) is 14.5 Å². The largest absolute Gasteiger partial charge is 0.448 e. The number of rotatable bonds is 10. The highest BCUT2D eigenvalue weighted by molar-refractivity contribution is 8.00. The van der Waals surface area contributed by atoms with Crippen molar-refractivity contribution in [3.05, 3.63) is 174 Å². The highest BCUT2D eigenvalue weighted by Crippen LogP contribution is 2.58. The first kappa shape index (κ1) is 32.6. The van der Waals surface area contributed by atoms with Gasteiger partial charge in [0, 0.05) is 18.2 Å². The second kappa shape index (κ2) is 14.3. The molecule has 7 rings (SSSR count). The minimum atomic E-state index is -2.42. The summed E-state index contributed by atoms with van der Waals surface area (Å²) >= 11 is 1.58. The number of nitrogens with zero attached hydrogens (tertiary/aromatic N) is 1. The number of nitrogens with one attached hydrogen (secondary N) is 1. The Labute approximate surface area is 291 Å². The Bertz CT molecular complexity index is 1840. The van der Waals surface area contributed by atoms with Crippen molar-refractivity contribution in [3.63, 3.8) is 0 Å². The van der Waals surface area contributed by atoms with Crippen LogP contribution in [0.4, 0.5) is 0 Å². The van der Waals surface area contributed by atoms with Gasteiger partial charge in [-0.2, -0.15) is 0 Å². The first-order valence-electron chi connectivity index (χ1n) is 16.3. The molecule has 2 aliphatic heterocycles. The van der Waals surface area contributed by atoms with E-state index in [4.69, 9.17) is 4.74 Å². The quantitative estimate of drug-likeness (QED) is 0.111. The number of carbonyl (C=O) groups is 3. The molecule has 2 heterocycles. The van der Waals surface area contributed by atoms with Crippen LogP contribution in [0.5, 0.6) is 0 Å². The first-order chi connectivity index (χ1) is 24.0. The molecule has 244 valence electrons. The summed E-state index contributed by atoms with van der Waals surface area (Å²) in [5, 5.41) is 5.93. The van der Waals surface area contributed by atoms with E-state index in [1.165, 1.54) is 22.8 Å². The van der Waals surface area contributed by atoms with Crippen molar-refractivity contribution >= 4 is 52.7 Å².